The van der Waals surface area contributed by atoms with Crippen molar-refractivity contribution in [2.75, 3.05) is 51.6 Å². The van der Waals surface area contributed by atoms with Crippen molar-refractivity contribution in [2.24, 2.45) is 0 Å². The van der Waals surface area contributed by atoms with Gasteiger partial charge in [-0.2, -0.15) is 0 Å². The molecule has 0 aromatic rings. The van der Waals surface area contributed by atoms with Gasteiger partial charge in [0.1, 0.15) is 0 Å². The van der Waals surface area contributed by atoms with E-state index in [0.29, 0.717) is 25.4 Å². The molecule has 2 aliphatic heterocycles. The second-order valence-corrected chi connectivity index (χ2v) is 27.1. The molecule has 0 amide bonds. The maximum absolute atomic E-state index is 12.2. The predicted octanol–water partition coefficient (Wildman–Crippen LogP) is 4.55. The number of thiol groups is 1. The van der Waals surface area contributed by atoms with Gasteiger partial charge in [-0.1, -0.05) is 0 Å². The Morgan fingerprint density at radius 2 is 1.35 bits per heavy atom. The summed E-state index contributed by atoms with van der Waals surface area (Å²) in [6.45, 7) is 22.4. The molecule has 0 saturated carbocycles. The molecule has 2 heterocycles. The second kappa shape index (κ2) is 11.6. The summed E-state index contributed by atoms with van der Waals surface area (Å²) in [7, 11) is -1.80. The average molecular weight is 590 g/mol. The molecule has 3 aliphatic rings. The Labute approximate surface area is 220 Å². The number of nitrogens with zero attached hydrogens (tertiary/aromatic N) is 2. The minimum atomic E-state index is -4.34. The van der Waals surface area contributed by atoms with Crippen LogP contribution in [0.25, 0.3) is 0 Å². The van der Waals surface area contributed by atoms with E-state index in [9.17, 15) is 10.2 Å². The van der Waals surface area contributed by atoms with Crippen LogP contribution in [0.1, 0.15) is 53.4 Å². The van der Waals surface area contributed by atoms with Gasteiger partial charge in [0.2, 0.25) is 0 Å². The molecule has 0 spiro atoms. The van der Waals surface area contributed by atoms with Crippen LogP contribution >= 0.6 is 12.6 Å². The van der Waals surface area contributed by atoms with Crippen molar-refractivity contribution in [1.82, 2.24) is 9.80 Å². The molecule has 0 aromatic heterocycles. The molecule has 2 saturated heterocycles. The first-order valence-electron chi connectivity index (χ1n) is 13.4. The molecule has 8 heteroatoms. The summed E-state index contributed by atoms with van der Waals surface area (Å²) in [5, 5.41) is 24.3. The van der Waals surface area contributed by atoms with E-state index in [-0.39, 0.29) is 5.04 Å². The van der Waals surface area contributed by atoms with E-state index in [1.165, 1.54) is 45.7 Å². The first kappa shape index (κ1) is 29.3. The Morgan fingerprint density at radius 1 is 0.912 bits per heavy atom. The monoisotopic (exact) mass is 588 g/mol. The van der Waals surface area contributed by atoms with E-state index in [4.69, 9.17) is 2.81 Å². The molecule has 5 nitrogen and oxygen atoms in total. The average Bonchev–Trinajstić information content (AvgIpc) is 3.50. The Bertz CT molecular complexity index is 763. The van der Waals surface area contributed by atoms with E-state index in [2.05, 4.69) is 69.8 Å². The van der Waals surface area contributed by atoms with Crippen molar-refractivity contribution >= 4 is 20.7 Å². The van der Waals surface area contributed by atoms with Gasteiger partial charge in [0.15, 0.2) is 0 Å². The first-order valence-corrected chi connectivity index (χ1v) is 22.6. The maximum atomic E-state index is 12.2. The Balaban J connectivity index is 2.18. The summed E-state index contributed by atoms with van der Waals surface area (Å²) < 4.78 is 7.11. The minimum absolute atomic E-state index is 0.119. The van der Waals surface area contributed by atoms with E-state index >= 15 is 0 Å². The van der Waals surface area contributed by atoms with E-state index in [1.54, 1.807) is 0 Å². The van der Waals surface area contributed by atoms with Crippen molar-refractivity contribution in [3.05, 3.63) is 20.0 Å². The van der Waals surface area contributed by atoms with Crippen molar-refractivity contribution in [1.29, 1.82) is 0 Å². The normalized spacial score (nSPS) is 28.8. The van der Waals surface area contributed by atoms with Gasteiger partial charge in [0.05, 0.1) is 0 Å². The zero-order chi connectivity index (χ0) is 25.3. The van der Waals surface area contributed by atoms with Crippen LogP contribution in [0.3, 0.4) is 0 Å². The quantitative estimate of drug-likeness (QED) is 0.244. The zero-order valence-corrected chi connectivity index (χ0v) is 27.1. The summed E-state index contributed by atoms with van der Waals surface area (Å²) in [5.74, 6) is 0.604. The fourth-order valence-corrected chi connectivity index (χ4v) is 25.4. The molecule has 3 atom stereocenters. The van der Waals surface area contributed by atoms with Gasteiger partial charge < -0.3 is 0 Å². The van der Waals surface area contributed by atoms with Crippen LogP contribution in [-0.2, 0) is 23.5 Å². The van der Waals surface area contributed by atoms with E-state index < -0.39 is 36.4 Å². The van der Waals surface area contributed by atoms with Crippen molar-refractivity contribution < 1.29 is 33.7 Å². The standard InChI is InChI=1S/C12H21Si.2C6H12NO.C2H5OS.Zr/c1-9-8-12(4,13(5,6)7)11(3)10(9)2;2*8-6-5-7-3-1-2-4-7;3-1-2-4;/h1-7H3;2*6,8H,1-5H2;4H,1-2H2;/q;;;-1;+1. The van der Waals surface area contributed by atoms with Crippen molar-refractivity contribution in [3.8, 4) is 0 Å². The summed E-state index contributed by atoms with van der Waals surface area (Å²) in [6, 6.07) is 0. The van der Waals surface area contributed by atoms with E-state index in [1.807, 2.05) is 0 Å². The summed E-state index contributed by atoms with van der Waals surface area (Å²) in [5.41, 5.74) is 4.06. The molecular formula is C26H50N2O3SSiZr. The third-order valence-electron chi connectivity index (χ3n) is 9.32. The number of likely N-dealkylation sites (tertiary alicyclic amines) is 2. The number of allylic oxidation sites excluding steroid dienone is 4. The molecule has 0 radical (unpaired) electrons. The molecule has 34 heavy (non-hydrogen) atoms. The van der Waals surface area contributed by atoms with Gasteiger partial charge in [-0.3, -0.25) is 0 Å². The Kier molecular flexibility index (Phi) is 10.0. The van der Waals surface area contributed by atoms with Crippen LogP contribution in [-0.4, -0.2) is 87.3 Å². The molecule has 196 valence electrons. The molecule has 3 rings (SSSR count). The topological polar surface area (TPSA) is 56.2 Å². The van der Waals surface area contributed by atoms with Gasteiger partial charge in [0, 0.05) is 0 Å². The van der Waals surface area contributed by atoms with Crippen LogP contribution in [0, 0.1) is 0 Å². The molecule has 0 bridgehead atoms. The van der Waals surface area contributed by atoms with Gasteiger partial charge in [0.25, 0.3) is 0 Å². The predicted molar refractivity (Wildman–Crippen MR) is 146 cm³/mol. The number of hydrogen-bond donors (Lipinski definition) is 3. The zero-order valence-electron chi connectivity index (χ0n) is 22.8. The van der Waals surface area contributed by atoms with Crippen LogP contribution in [0.15, 0.2) is 20.0 Å². The molecule has 3 unspecified atom stereocenters. The molecule has 0 aromatic carbocycles. The van der Waals surface area contributed by atoms with Crippen molar-refractivity contribution in [2.45, 2.75) is 85.7 Å². The van der Waals surface area contributed by atoms with Gasteiger partial charge in [-0.05, 0) is 0 Å². The summed E-state index contributed by atoms with van der Waals surface area (Å²) in [4.78, 5) is 4.79. The van der Waals surface area contributed by atoms with Crippen LogP contribution in [0.4, 0.5) is 0 Å². The number of rotatable bonds is 11. The fourth-order valence-electron chi connectivity index (χ4n) is 6.75. The third kappa shape index (κ3) is 5.32. The number of hydrogen-bond acceptors (Lipinski definition) is 6. The number of aliphatic hydroxyl groups excluding tert-OH is 2. The summed E-state index contributed by atoms with van der Waals surface area (Å²) >= 11 is 0.167. The second-order valence-electron chi connectivity index (χ2n) is 12.0. The molecule has 2 fully saturated rings. The fraction of sp³-hybridized carbons (Fsp3) is 0.846. The van der Waals surface area contributed by atoms with Gasteiger partial charge in [-0.15, -0.1) is 0 Å². The SMILES string of the molecule is CC1=C(C)C(C)([Si](C)(C)C)[C]([Zr]([O]CCS)([CH](O)CN2CCCC2)[CH](O)CN2CCCC2)=C1C. The first-order chi connectivity index (χ1) is 15.9. The van der Waals surface area contributed by atoms with Crippen LogP contribution < -0.4 is 0 Å². The van der Waals surface area contributed by atoms with Crippen molar-refractivity contribution in [3.63, 3.8) is 0 Å². The molecule has 2 N–H and O–H groups in total. The summed E-state index contributed by atoms with van der Waals surface area (Å²) in [6.07, 6.45) is 4.77. The number of aliphatic hydroxyl groups is 2. The third-order valence-corrected chi connectivity index (χ3v) is 25.3. The van der Waals surface area contributed by atoms with Gasteiger partial charge >= 0.3 is 222 Å². The van der Waals surface area contributed by atoms with Gasteiger partial charge in [-0.25, -0.2) is 0 Å². The van der Waals surface area contributed by atoms with E-state index in [0.717, 1.165) is 26.2 Å². The number of β-amino-alcohol motifs (C(OH)–C–C–N with tert-alkyl or cyclic N) is 2. The Morgan fingerprint density at radius 3 is 1.74 bits per heavy atom. The van der Waals surface area contributed by atoms with Crippen LogP contribution in [0.5, 0.6) is 0 Å². The Hall–Kier alpha value is 0.730. The molecular weight excluding hydrogens is 540 g/mol. The molecule has 1 aliphatic carbocycles. The van der Waals surface area contributed by atoms with Crippen LogP contribution in [0.2, 0.25) is 24.7 Å².